The minimum atomic E-state index is -0.487. The van der Waals surface area contributed by atoms with Gasteiger partial charge in [0.25, 0.3) is 0 Å². The molecule has 0 aromatic heterocycles. The first-order valence-corrected chi connectivity index (χ1v) is 7.46. The fraction of sp³-hybridized carbons (Fsp3) is 0.500. The van der Waals surface area contributed by atoms with Gasteiger partial charge in [-0.25, -0.2) is 4.39 Å². The molecule has 5 nitrogen and oxygen atoms in total. The molecule has 1 aliphatic heterocycles. The predicted octanol–water partition coefficient (Wildman–Crippen LogP) is 1.34. The van der Waals surface area contributed by atoms with Crippen LogP contribution in [0.25, 0.3) is 0 Å². The van der Waals surface area contributed by atoms with Crippen LogP contribution in [0.5, 0.6) is 0 Å². The molecule has 1 saturated heterocycles. The Balaban J connectivity index is 1.94. The van der Waals surface area contributed by atoms with Gasteiger partial charge in [-0.3, -0.25) is 9.69 Å². The molecule has 0 aliphatic carbocycles. The van der Waals surface area contributed by atoms with Crippen LogP contribution in [0.3, 0.4) is 0 Å². The summed E-state index contributed by atoms with van der Waals surface area (Å²) in [7, 11) is 0. The molecule has 0 saturated carbocycles. The van der Waals surface area contributed by atoms with Gasteiger partial charge in [-0.05, 0) is 26.0 Å². The van der Waals surface area contributed by atoms with E-state index in [1.165, 1.54) is 6.07 Å². The van der Waals surface area contributed by atoms with E-state index in [4.69, 9.17) is 5.26 Å². The zero-order valence-electron chi connectivity index (χ0n) is 13.0. The van der Waals surface area contributed by atoms with Crippen LogP contribution in [-0.4, -0.2) is 49.6 Å². The average Bonchev–Trinajstić information content (AvgIpc) is 2.47. The number of nitriles is 1. The second kappa shape index (κ2) is 7.23. The fourth-order valence-corrected chi connectivity index (χ4v) is 2.60. The third-order valence-electron chi connectivity index (χ3n) is 3.63. The lowest BCUT2D eigenvalue weighted by Gasteiger charge is -2.36. The van der Waals surface area contributed by atoms with Crippen LogP contribution in [0.4, 0.5) is 10.1 Å². The zero-order valence-corrected chi connectivity index (χ0v) is 13.0. The first-order valence-electron chi connectivity index (χ1n) is 7.46. The van der Waals surface area contributed by atoms with E-state index >= 15 is 0 Å². The van der Waals surface area contributed by atoms with Crippen molar-refractivity contribution >= 4 is 11.6 Å². The number of nitrogens with one attached hydrogen (secondary N) is 1. The highest BCUT2D eigenvalue weighted by Crippen LogP contribution is 2.23. The number of carbonyl (C=O) groups excluding carboxylic acids is 1. The summed E-state index contributed by atoms with van der Waals surface area (Å²) in [5.74, 6) is -0.467. The van der Waals surface area contributed by atoms with Gasteiger partial charge in [0.15, 0.2) is 0 Å². The number of anilines is 1. The Labute approximate surface area is 130 Å². The van der Waals surface area contributed by atoms with Crippen LogP contribution in [0.15, 0.2) is 18.2 Å². The van der Waals surface area contributed by atoms with Gasteiger partial charge in [0.05, 0.1) is 12.2 Å². The molecule has 0 atom stereocenters. The molecule has 0 radical (unpaired) electrons. The molecule has 1 fully saturated rings. The van der Waals surface area contributed by atoms with Crippen molar-refractivity contribution in [1.29, 1.82) is 5.26 Å². The first-order chi connectivity index (χ1) is 10.5. The van der Waals surface area contributed by atoms with E-state index in [0.29, 0.717) is 38.4 Å². The maximum absolute atomic E-state index is 13.7. The molecule has 0 bridgehead atoms. The largest absolute Gasteiger partial charge is 0.368 e. The quantitative estimate of drug-likeness (QED) is 0.912. The summed E-state index contributed by atoms with van der Waals surface area (Å²) in [5, 5.41) is 12.0. The van der Waals surface area contributed by atoms with Gasteiger partial charge in [-0.1, -0.05) is 6.07 Å². The summed E-state index contributed by atoms with van der Waals surface area (Å²) in [5.41, 5.74) is 0.724. The minimum absolute atomic E-state index is 0.0203. The smallest absolute Gasteiger partial charge is 0.234 e. The number of rotatable bonds is 4. The SMILES string of the molecule is CC(C)NC(=O)CN1CCN(c2cccc(F)c2C#N)CC1. The molecule has 1 aromatic rings. The van der Waals surface area contributed by atoms with Crippen molar-refractivity contribution in [3.05, 3.63) is 29.6 Å². The van der Waals surface area contributed by atoms with Gasteiger partial charge in [-0.2, -0.15) is 5.26 Å². The lowest BCUT2D eigenvalue weighted by molar-refractivity contribution is -0.122. The molecule has 1 amide bonds. The number of nitrogens with zero attached hydrogens (tertiary/aromatic N) is 3. The van der Waals surface area contributed by atoms with Gasteiger partial charge in [0, 0.05) is 32.2 Å². The molecule has 22 heavy (non-hydrogen) atoms. The molecule has 2 rings (SSSR count). The molecular formula is C16H21FN4O. The summed E-state index contributed by atoms with van der Waals surface area (Å²) in [6.45, 7) is 7.02. The highest BCUT2D eigenvalue weighted by atomic mass is 19.1. The average molecular weight is 304 g/mol. The number of piperazine rings is 1. The van der Waals surface area contributed by atoms with Crippen LogP contribution in [0.2, 0.25) is 0 Å². The molecule has 118 valence electrons. The Bertz CT molecular complexity index is 574. The van der Waals surface area contributed by atoms with Gasteiger partial charge in [-0.15, -0.1) is 0 Å². The standard InChI is InChI=1S/C16H21FN4O/c1-12(2)19-16(22)11-20-6-8-21(9-7-20)15-5-3-4-14(17)13(15)10-18/h3-5,12H,6-9,11H2,1-2H3,(H,19,22). The second-order valence-electron chi connectivity index (χ2n) is 5.73. The third kappa shape index (κ3) is 3.95. The Morgan fingerprint density at radius 1 is 1.36 bits per heavy atom. The Morgan fingerprint density at radius 2 is 2.05 bits per heavy atom. The van der Waals surface area contributed by atoms with Crippen LogP contribution in [0.1, 0.15) is 19.4 Å². The van der Waals surface area contributed by atoms with Crippen molar-refractivity contribution in [3.63, 3.8) is 0 Å². The van der Waals surface area contributed by atoms with Crippen molar-refractivity contribution < 1.29 is 9.18 Å². The number of carbonyl (C=O) groups is 1. The van der Waals surface area contributed by atoms with Crippen LogP contribution in [0, 0.1) is 17.1 Å². The highest BCUT2D eigenvalue weighted by molar-refractivity contribution is 5.78. The predicted molar refractivity (Wildman–Crippen MR) is 83.0 cm³/mol. The van der Waals surface area contributed by atoms with Crippen LogP contribution < -0.4 is 10.2 Å². The number of hydrogen-bond donors (Lipinski definition) is 1. The van der Waals surface area contributed by atoms with Crippen molar-refractivity contribution in [2.75, 3.05) is 37.6 Å². The molecular weight excluding hydrogens is 283 g/mol. The highest BCUT2D eigenvalue weighted by Gasteiger charge is 2.22. The fourth-order valence-electron chi connectivity index (χ4n) is 2.60. The summed E-state index contributed by atoms with van der Waals surface area (Å²) in [6, 6.07) is 6.76. The minimum Gasteiger partial charge on any atom is -0.368 e. The first kappa shape index (κ1) is 16.2. The Kier molecular flexibility index (Phi) is 5.34. The summed E-state index contributed by atoms with van der Waals surface area (Å²) in [4.78, 5) is 15.8. The zero-order chi connectivity index (χ0) is 16.1. The van der Waals surface area contributed by atoms with E-state index in [-0.39, 0.29) is 17.5 Å². The molecule has 0 unspecified atom stereocenters. The topological polar surface area (TPSA) is 59.4 Å². The molecule has 6 heteroatoms. The van der Waals surface area contributed by atoms with E-state index in [0.717, 1.165) is 0 Å². The van der Waals surface area contributed by atoms with E-state index in [2.05, 4.69) is 10.2 Å². The number of benzene rings is 1. The molecule has 1 heterocycles. The number of hydrogen-bond acceptors (Lipinski definition) is 4. The summed E-state index contributed by atoms with van der Waals surface area (Å²) in [6.07, 6.45) is 0. The molecule has 1 aliphatic rings. The van der Waals surface area contributed by atoms with Crippen LogP contribution >= 0.6 is 0 Å². The monoisotopic (exact) mass is 304 g/mol. The van der Waals surface area contributed by atoms with E-state index < -0.39 is 5.82 Å². The Hall–Kier alpha value is -2.13. The van der Waals surface area contributed by atoms with Crippen molar-refractivity contribution in [3.8, 4) is 6.07 Å². The summed E-state index contributed by atoms with van der Waals surface area (Å²) >= 11 is 0. The van der Waals surface area contributed by atoms with Gasteiger partial charge in [0.1, 0.15) is 17.4 Å². The second-order valence-corrected chi connectivity index (χ2v) is 5.73. The van der Waals surface area contributed by atoms with Crippen molar-refractivity contribution in [2.24, 2.45) is 0 Å². The lowest BCUT2D eigenvalue weighted by Crippen LogP contribution is -2.50. The van der Waals surface area contributed by atoms with Crippen molar-refractivity contribution in [2.45, 2.75) is 19.9 Å². The number of amides is 1. The van der Waals surface area contributed by atoms with Crippen LogP contribution in [-0.2, 0) is 4.79 Å². The number of halogens is 1. The maximum Gasteiger partial charge on any atom is 0.234 e. The summed E-state index contributed by atoms with van der Waals surface area (Å²) < 4.78 is 13.7. The third-order valence-corrected chi connectivity index (χ3v) is 3.63. The molecule has 1 aromatic carbocycles. The van der Waals surface area contributed by atoms with E-state index in [1.807, 2.05) is 24.8 Å². The van der Waals surface area contributed by atoms with Crippen molar-refractivity contribution in [1.82, 2.24) is 10.2 Å². The van der Waals surface area contributed by atoms with E-state index in [9.17, 15) is 9.18 Å². The Morgan fingerprint density at radius 3 is 2.64 bits per heavy atom. The molecule has 0 spiro atoms. The normalized spacial score (nSPS) is 15.7. The maximum atomic E-state index is 13.7. The lowest BCUT2D eigenvalue weighted by atomic mass is 10.1. The van der Waals surface area contributed by atoms with Gasteiger partial charge < -0.3 is 10.2 Å². The van der Waals surface area contributed by atoms with Gasteiger partial charge >= 0.3 is 0 Å². The molecule has 1 N–H and O–H groups in total. The van der Waals surface area contributed by atoms with Gasteiger partial charge in [0.2, 0.25) is 5.91 Å². The van der Waals surface area contributed by atoms with E-state index in [1.54, 1.807) is 12.1 Å².